The van der Waals surface area contributed by atoms with E-state index in [1.54, 1.807) is 25.3 Å². The van der Waals surface area contributed by atoms with Gasteiger partial charge in [-0.1, -0.05) is 13.8 Å². The quantitative estimate of drug-likeness (QED) is 0.652. The maximum Gasteiger partial charge on any atom is 0.251 e. The smallest absolute Gasteiger partial charge is 0.251 e. The molecule has 22 heavy (non-hydrogen) atoms. The molecule has 0 spiro atoms. The molecule has 0 heterocycles. The maximum atomic E-state index is 12.1. The molecule has 0 saturated heterocycles. The number of carbonyl (C=O) groups excluding carboxylic acids is 1. The van der Waals surface area contributed by atoms with Gasteiger partial charge in [-0.2, -0.15) is 0 Å². The molecule has 0 aliphatic rings. The Morgan fingerprint density at radius 2 is 2.00 bits per heavy atom. The third-order valence-electron chi connectivity index (χ3n) is 3.27. The fourth-order valence-corrected chi connectivity index (χ4v) is 1.90. The van der Waals surface area contributed by atoms with Crippen molar-refractivity contribution in [1.29, 1.82) is 0 Å². The van der Waals surface area contributed by atoms with Gasteiger partial charge in [-0.05, 0) is 50.6 Å². The Morgan fingerprint density at radius 1 is 1.23 bits per heavy atom. The number of carbonyl (C=O) groups is 1. The summed E-state index contributed by atoms with van der Waals surface area (Å²) in [7, 11) is 3.48. The highest BCUT2D eigenvalue weighted by atomic mass is 16.5. The number of ether oxygens (including phenoxy) is 2. The number of amides is 1. The van der Waals surface area contributed by atoms with Crippen LogP contribution >= 0.6 is 0 Å². The molecule has 1 aromatic rings. The molecule has 0 atom stereocenters. The minimum Gasteiger partial charge on any atom is -0.493 e. The lowest BCUT2D eigenvalue weighted by Gasteiger charge is -2.13. The van der Waals surface area contributed by atoms with Crippen LogP contribution in [0.15, 0.2) is 18.2 Å². The van der Waals surface area contributed by atoms with Gasteiger partial charge in [0.1, 0.15) is 0 Å². The highest BCUT2D eigenvalue weighted by Crippen LogP contribution is 2.28. The first kappa shape index (κ1) is 18.3. The van der Waals surface area contributed by atoms with Crippen LogP contribution in [0.1, 0.15) is 37.0 Å². The molecule has 2 N–H and O–H groups in total. The zero-order chi connectivity index (χ0) is 16.4. The molecule has 5 nitrogen and oxygen atoms in total. The standard InChI is InChI=1S/C17H28N2O3/c1-13(2)8-11-22-15-7-6-14(12-16(15)21-4)17(20)19-10-5-9-18-3/h6-7,12-13,18H,5,8-11H2,1-4H3,(H,19,20). The number of nitrogens with one attached hydrogen (secondary N) is 2. The Bertz CT molecular complexity index is 461. The van der Waals surface area contributed by atoms with E-state index in [9.17, 15) is 4.79 Å². The van der Waals surface area contributed by atoms with Gasteiger partial charge in [-0.25, -0.2) is 0 Å². The van der Waals surface area contributed by atoms with Crippen molar-refractivity contribution in [3.63, 3.8) is 0 Å². The van der Waals surface area contributed by atoms with E-state index < -0.39 is 0 Å². The van der Waals surface area contributed by atoms with E-state index in [0.717, 1.165) is 19.4 Å². The molecule has 0 bridgehead atoms. The van der Waals surface area contributed by atoms with Gasteiger partial charge in [-0.15, -0.1) is 0 Å². The van der Waals surface area contributed by atoms with Crippen molar-refractivity contribution >= 4 is 5.91 Å². The molecule has 124 valence electrons. The Hall–Kier alpha value is -1.75. The highest BCUT2D eigenvalue weighted by molar-refractivity contribution is 5.94. The molecule has 0 aliphatic carbocycles. The van der Waals surface area contributed by atoms with Crippen molar-refractivity contribution in [2.24, 2.45) is 5.92 Å². The van der Waals surface area contributed by atoms with Crippen molar-refractivity contribution in [3.05, 3.63) is 23.8 Å². The van der Waals surface area contributed by atoms with Crippen LogP contribution in [0.3, 0.4) is 0 Å². The number of hydrogen-bond donors (Lipinski definition) is 2. The second-order valence-corrected chi connectivity index (χ2v) is 5.61. The zero-order valence-electron chi connectivity index (χ0n) is 14.1. The predicted molar refractivity (Wildman–Crippen MR) is 88.8 cm³/mol. The fraction of sp³-hybridized carbons (Fsp3) is 0.588. The summed E-state index contributed by atoms with van der Waals surface area (Å²) in [5.74, 6) is 1.76. The van der Waals surface area contributed by atoms with Gasteiger partial charge in [0.25, 0.3) is 5.91 Å². The van der Waals surface area contributed by atoms with Gasteiger partial charge >= 0.3 is 0 Å². The van der Waals surface area contributed by atoms with Crippen LogP contribution in [-0.2, 0) is 0 Å². The van der Waals surface area contributed by atoms with E-state index in [1.807, 2.05) is 7.05 Å². The van der Waals surface area contributed by atoms with Gasteiger partial charge < -0.3 is 20.1 Å². The molecule has 0 radical (unpaired) electrons. The fourth-order valence-electron chi connectivity index (χ4n) is 1.90. The minimum absolute atomic E-state index is 0.0943. The monoisotopic (exact) mass is 308 g/mol. The molecule has 1 rings (SSSR count). The predicted octanol–water partition coefficient (Wildman–Crippen LogP) is 2.46. The third-order valence-corrected chi connectivity index (χ3v) is 3.27. The van der Waals surface area contributed by atoms with Crippen LogP contribution in [0, 0.1) is 5.92 Å². The van der Waals surface area contributed by atoms with Gasteiger partial charge in [0.15, 0.2) is 11.5 Å². The van der Waals surface area contributed by atoms with Crippen molar-refractivity contribution in [2.75, 3.05) is 33.9 Å². The summed E-state index contributed by atoms with van der Waals surface area (Å²) in [6.45, 7) is 6.48. The zero-order valence-corrected chi connectivity index (χ0v) is 14.1. The molecule has 0 unspecified atom stereocenters. The van der Waals surface area contributed by atoms with Crippen LogP contribution in [0.5, 0.6) is 11.5 Å². The SMILES string of the molecule is CNCCCNC(=O)c1ccc(OCCC(C)C)c(OC)c1. The van der Waals surface area contributed by atoms with E-state index in [4.69, 9.17) is 9.47 Å². The van der Waals surface area contributed by atoms with Crippen LogP contribution in [-0.4, -0.2) is 39.8 Å². The average molecular weight is 308 g/mol. The number of rotatable bonds is 10. The number of hydrogen-bond acceptors (Lipinski definition) is 4. The van der Waals surface area contributed by atoms with Gasteiger partial charge in [-0.3, -0.25) is 4.79 Å². The molecular weight excluding hydrogens is 280 g/mol. The summed E-state index contributed by atoms with van der Waals surface area (Å²) in [5.41, 5.74) is 0.581. The highest BCUT2D eigenvalue weighted by Gasteiger charge is 2.11. The number of benzene rings is 1. The van der Waals surface area contributed by atoms with E-state index in [0.29, 0.717) is 36.1 Å². The second-order valence-electron chi connectivity index (χ2n) is 5.61. The third kappa shape index (κ3) is 6.35. The van der Waals surface area contributed by atoms with Crippen LogP contribution in [0.25, 0.3) is 0 Å². The average Bonchev–Trinajstić information content (AvgIpc) is 2.51. The number of methoxy groups -OCH3 is 1. The summed E-state index contributed by atoms with van der Waals surface area (Å²) in [6.07, 6.45) is 1.88. The topological polar surface area (TPSA) is 59.6 Å². The normalized spacial score (nSPS) is 10.6. The molecular formula is C17H28N2O3. The van der Waals surface area contributed by atoms with Crippen molar-refractivity contribution in [2.45, 2.75) is 26.7 Å². The summed E-state index contributed by atoms with van der Waals surface area (Å²) in [6, 6.07) is 5.28. The van der Waals surface area contributed by atoms with Crippen molar-refractivity contribution < 1.29 is 14.3 Å². The lowest BCUT2D eigenvalue weighted by atomic mass is 10.1. The maximum absolute atomic E-state index is 12.1. The lowest BCUT2D eigenvalue weighted by molar-refractivity contribution is 0.0953. The Balaban J connectivity index is 2.61. The summed E-state index contributed by atoms with van der Waals surface area (Å²) >= 11 is 0. The van der Waals surface area contributed by atoms with Crippen LogP contribution in [0.4, 0.5) is 0 Å². The van der Waals surface area contributed by atoms with Crippen LogP contribution < -0.4 is 20.1 Å². The summed E-state index contributed by atoms with van der Waals surface area (Å²) in [4.78, 5) is 12.1. The largest absolute Gasteiger partial charge is 0.493 e. The minimum atomic E-state index is -0.0943. The lowest BCUT2D eigenvalue weighted by Crippen LogP contribution is -2.26. The first-order valence-electron chi connectivity index (χ1n) is 7.82. The molecule has 1 amide bonds. The van der Waals surface area contributed by atoms with E-state index in [-0.39, 0.29) is 5.91 Å². The van der Waals surface area contributed by atoms with Crippen molar-refractivity contribution in [3.8, 4) is 11.5 Å². The van der Waals surface area contributed by atoms with Crippen LogP contribution in [0.2, 0.25) is 0 Å². The van der Waals surface area contributed by atoms with Gasteiger partial charge in [0.2, 0.25) is 0 Å². The molecule has 0 fully saturated rings. The van der Waals surface area contributed by atoms with Gasteiger partial charge in [0, 0.05) is 12.1 Å². The Labute approximate surface area is 133 Å². The Morgan fingerprint density at radius 3 is 2.64 bits per heavy atom. The summed E-state index contributed by atoms with van der Waals surface area (Å²) < 4.78 is 11.0. The molecule has 1 aromatic carbocycles. The van der Waals surface area contributed by atoms with Crippen molar-refractivity contribution in [1.82, 2.24) is 10.6 Å². The van der Waals surface area contributed by atoms with E-state index >= 15 is 0 Å². The molecule has 0 aliphatic heterocycles. The summed E-state index contributed by atoms with van der Waals surface area (Å²) in [5, 5.41) is 5.93. The molecule has 0 saturated carbocycles. The second kappa shape index (κ2) is 10.1. The molecule has 5 heteroatoms. The first-order valence-corrected chi connectivity index (χ1v) is 7.82. The molecule has 0 aromatic heterocycles. The first-order chi connectivity index (χ1) is 10.6. The Kier molecular flexibility index (Phi) is 8.36. The van der Waals surface area contributed by atoms with E-state index in [1.165, 1.54) is 0 Å². The van der Waals surface area contributed by atoms with E-state index in [2.05, 4.69) is 24.5 Å². The van der Waals surface area contributed by atoms with Gasteiger partial charge in [0.05, 0.1) is 13.7 Å².